The second-order valence-electron chi connectivity index (χ2n) is 5.76. The summed E-state index contributed by atoms with van der Waals surface area (Å²) in [6.07, 6.45) is 1.48. The fourth-order valence-electron chi connectivity index (χ4n) is 2.59. The SMILES string of the molecule is COc1cccc(-c2noc(NCCNc3cc(C)nc4ncnn34)n2)c1. The van der Waals surface area contributed by atoms with E-state index in [0.717, 1.165) is 22.8 Å². The molecule has 0 radical (unpaired) electrons. The predicted molar refractivity (Wildman–Crippen MR) is 98.8 cm³/mol. The van der Waals surface area contributed by atoms with Gasteiger partial charge in [-0.15, -0.1) is 0 Å². The molecule has 3 aromatic heterocycles. The van der Waals surface area contributed by atoms with Gasteiger partial charge in [0.05, 0.1) is 7.11 Å². The molecule has 0 spiro atoms. The summed E-state index contributed by atoms with van der Waals surface area (Å²) in [5, 5.41) is 14.5. The van der Waals surface area contributed by atoms with Gasteiger partial charge >= 0.3 is 6.01 Å². The van der Waals surface area contributed by atoms with Crippen LogP contribution in [0.2, 0.25) is 0 Å². The minimum atomic E-state index is 0.353. The van der Waals surface area contributed by atoms with Gasteiger partial charge in [0.15, 0.2) is 0 Å². The number of nitrogens with one attached hydrogen (secondary N) is 2. The molecule has 0 aliphatic heterocycles. The zero-order valence-electron chi connectivity index (χ0n) is 14.9. The van der Waals surface area contributed by atoms with Gasteiger partial charge in [0.1, 0.15) is 17.9 Å². The molecule has 0 unspecified atom stereocenters. The van der Waals surface area contributed by atoms with Crippen molar-refractivity contribution in [2.75, 3.05) is 30.8 Å². The maximum Gasteiger partial charge on any atom is 0.321 e. The van der Waals surface area contributed by atoms with Crippen molar-refractivity contribution >= 4 is 17.6 Å². The lowest BCUT2D eigenvalue weighted by Crippen LogP contribution is -2.16. The van der Waals surface area contributed by atoms with E-state index in [9.17, 15) is 0 Å². The van der Waals surface area contributed by atoms with E-state index in [1.165, 1.54) is 6.33 Å². The maximum absolute atomic E-state index is 5.24. The Kier molecular flexibility index (Phi) is 4.52. The van der Waals surface area contributed by atoms with Crippen LogP contribution in [0.1, 0.15) is 5.69 Å². The Hall–Kier alpha value is -3.69. The van der Waals surface area contributed by atoms with Crippen LogP contribution in [0.4, 0.5) is 11.8 Å². The fourth-order valence-corrected chi connectivity index (χ4v) is 2.59. The number of hydrogen-bond donors (Lipinski definition) is 2. The van der Waals surface area contributed by atoms with Gasteiger partial charge in [-0.2, -0.15) is 19.6 Å². The smallest absolute Gasteiger partial charge is 0.321 e. The van der Waals surface area contributed by atoms with Crippen LogP contribution in [0.25, 0.3) is 17.2 Å². The molecule has 10 nitrogen and oxygen atoms in total. The molecule has 0 amide bonds. The summed E-state index contributed by atoms with van der Waals surface area (Å²) in [5.41, 5.74) is 1.69. The lowest BCUT2D eigenvalue weighted by molar-refractivity contribution is 0.414. The minimum absolute atomic E-state index is 0.353. The Morgan fingerprint density at radius 2 is 2.04 bits per heavy atom. The van der Waals surface area contributed by atoms with E-state index in [4.69, 9.17) is 9.26 Å². The van der Waals surface area contributed by atoms with Gasteiger partial charge in [-0.3, -0.25) is 0 Å². The number of fused-ring (bicyclic) bond motifs is 1. The minimum Gasteiger partial charge on any atom is -0.497 e. The number of hydrogen-bond acceptors (Lipinski definition) is 9. The van der Waals surface area contributed by atoms with Crippen molar-refractivity contribution in [3.8, 4) is 17.1 Å². The highest BCUT2D eigenvalue weighted by Crippen LogP contribution is 2.22. The van der Waals surface area contributed by atoms with Crippen molar-refractivity contribution in [1.29, 1.82) is 0 Å². The third-order valence-corrected chi connectivity index (χ3v) is 3.84. The summed E-state index contributed by atoms with van der Waals surface area (Å²) in [7, 11) is 1.62. The highest BCUT2D eigenvalue weighted by Gasteiger charge is 2.09. The number of rotatable bonds is 7. The van der Waals surface area contributed by atoms with Crippen molar-refractivity contribution in [2.24, 2.45) is 0 Å². The van der Waals surface area contributed by atoms with Crippen LogP contribution in [0, 0.1) is 6.92 Å². The van der Waals surface area contributed by atoms with E-state index in [-0.39, 0.29) is 0 Å². The topological polar surface area (TPSA) is 115 Å². The Bertz CT molecular complexity index is 1060. The average molecular weight is 366 g/mol. The second-order valence-corrected chi connectivity index (χ2v) is 5.76. The van der Waals surface area contributed by atoms with Crippen LogP contribution in [-0.2, 0) is 0 Å². The summed E-state index contributed by atoms with van der Waals surface area (Å²) < 4.78 is 12.1. The first kappa shape index (κ1) is 16.8. The lowest BCUT2D eigenvalue weighted by Gasteiger charge is -2.08. The lowest BCUT2D eigenvalue weighted by atomic mass is 10.2. The normalized spacial score (nSPS) is 10.9. The third-order valence-electron chi connectivity index (χ3n) is 3.84. The number of ether oxygens (including phenoxy) is 1. The van der Waals surface area contributed by atoms with Crippen molar-refractivity contribution < 1.29 is 9.26 Å². The Balaban J connectivity index is 1.36. The third kappa shape index (κ3) is 3.64. The molecule has 0 bridgehead atoms. The number of anilines is 2. The molecule has 0 fully saturated rings. The molecule has 2 N–H and O–H groups in total. The Morgan fingerprint density at radius 1 is 1.15 bits per heavy atom. The van der Waals surface area contributed by atoms with Crippen LogP contribution < -0.4 is 15.4 Å². The van der Waals surface area contributed by atoms with Gasteiger partial charge in [-0.25, -0.2) is 4.98 Å². The summed E-state index contributed by atoms with van der Waals surface area (Å²) >= 11 is 0. The van der Waals surface area contributed by atoms with Crippen LogP contribution in [-0.4, -0.2) is 49.9 Å². The van der Waals surface area contributed by atoms with Crippen LogP contribution in [0.5, 0.6) is 5.75 Å². The van der Waals surface area contributed by atoms with Gasteiger partial charge in [-0.05, 0) is 19.1 Å². The van der Waals surface area contributed by atoms with E-state index in [1.807, 2.05) is 37.3 Å². The van der Waals surface area contributed by atoms with E-state index in [0.29, 0.717) is 30.7 Å². The van der Waals surface area contributed by atoms with Crippen molar-refractivity contribution in [1.82, 2.24) is 29.7 Å². The summed E-state index contributed by atoms with van der Waals surface area (Å²) in [5.74, 6) is 2.62. The fraction of sp³-hybridized carbons (Fsp3) is 0.235. The summed E-state index contributed by atoms with van der Waals surface area (Å²) in [4.78, 5) is 12.8. The molecule has 3 heterocycles. The first-order valence-corrected chi connectivity index (χ1v) is 8.36. The number of aromatic nitrogens is 6. The van der Waals surface area contributed by atoms with Crippen LogP contribution in [0.3, 0.4) is 0 Å². The van der Waals surface area contributed by atoms with Gasteiger partial charge in [0.2, 0.25) is 5.82 Å². The summed E-state index contributed by atoms with van der Waals surface area (Å²) in [6, 6.07) is 9.75. The molecule has 4 aromatic rings. The van der Waals surface area contributed by atoms with Gasteiger partial charge in [0, 0.05) is 30.4 Å². The van der Waals surface area contributed by atoms with Gasteiger partial charge in [-0.1, -0.05) is 17.3 Å². The standard InChI is InChI=1S/C17H18N8O2/c1-11-8-14(25-16(22-11)20-10-21-25)18-6-7-19-17-23-15(24-27-17)12-4-3-5-13(9-12)26-2/h3-5,8-10,18H,6-7H2,1-2H3,(H,19,23,24). The number of methoxy groups -OCH3 is 1. The molecule has 0 saturated carbocycles. The molecule has 10 heteroatoms. The molecule has 0 saturated heterocycles. The number of nitrogens with zero attached hydrogens (tertiary/aromatic N) is 6. The molecule has 27 heavy (non-hydrogen) atoms. The molecular formula is C17H18N8O2. The van der Waals surface area contributed by atoms with E-state index >= 15 is 0 Å². The second kappa shape index (κ2) is 7.28. The zero-order chi connectivity index (χ0) is 18.6. The van der Waals surface area contributed by atoms with Gasteiger partial charge in [0.25, 0.3) is 5.78 Å². The highest BCUT2D eigenvalue weighted by atomic mass is 16.5. The maximum atomic E-state index is 5.24. The molecule has 1 aromatic carbocycles. The van der Waals surface area contributed by atoms with Gasteiger partial charge < -0.3 is 19.9 Å². The van der Waals surface area contributed by atoms with E-state index in [2.05, 4.69) is 35.8 Å². The molecular weight excluding hydrogens is 348 g/mol. The first-order valence-electron chi connectivity index (χ1n) is 8.36. The molecule has 0 atom stereocenters. The number of benzene rings is 1. The average Bonchev–Trinajstić information content (AvgIpc) is 3.34. The largest absolute Gasteiger partial charge is 0.497 e. The molecule has 0 aliphatic rings. The monoisotopic (exact) mass is 366 g/mol. The van der Waals surface area contributed by atoms with E-state index in [1.54, 1.807) is 11.6 Å². The number of aryl methyl sites for hydroxylation is 1. The molecule has 138 valence electrons. The quantitative estimate of drug-likeness (QED) is 0.474. The van der Waals surface area contributed by atoms with Crippen LogP contribution >= 0.6 is 0 Å². The zero-order valence-corrected chi connectivity index (χ0v) is 14.9. The molecule has 0 aliphatic carbocycles. The van der Waals surface area contributed by atoms with Crippen molar-refractivity contribution in [3.63, 3.8) is 0 Å². The summed E-state index contributed by atoms with van der Waals surface area (Å²) in [6.45, 7) is 3.11. The first-order chi connectivity index (χ1) is 13.2. The van der Waals surface area contributed by atoms with E-state index < -0.39 is 0 Å². The van der Waals surface area contributed by atoms with Crippen molar-refractivity contribution in [2.45, 2.75) is 6.92 Å². The predicted octanol–water partition coefficient (Wildman–Crippen LogP) is 2.02. The molecule has 4 rings (SSSR count). The van der Waals surface area contributed by atoms with Crippen LogP contribution in [0.15, 0.2) is 41.2 Å². The Morgan fingerprint density at radius 3 is 2.93 bits per heavy atom. The Labute approximate surface area is 154 Å². The van der Waals surface area contributed by atoms with Crippen molar-refractivity contribution in [3.05, 3.63) is 42.4 Å². The highest BCUT2D eigenvalue weighted by molar-refractivity contribution is 5.57.